The second kappa shape index (κ2) is 7.21. The Morgan fingerprint density at radius 3 is 2.45 bits per heavy atom. The molecule has 1 N–H and O–H groups in total. The van der Waals surface area contributed by atoms with Crippen LogP contribution >= 0.6 is 0 Å². The topological polar surface area (TPSA) is 66.5 Å². The lowest BCUT2D eigenvalue weighted by atomic mass is 10.1. The molecule has 1 aromatic rings. The Bertz CT molecular complexity index is 565. The minimum Gasteiger partial charge on any atom is -0.351 e. The normalized spacial score (nSPS) is 11.3. The van der Waals surface area contributed by atoms with Gasteiger partial charge in [-0.2, -0.15) is 4.31 Å². The van der Waals surface area contributed by atoms with E-state index in [9.17, 15) is 13.2 Å². The highest BCUT2D eigenvalue weighted by Crippen LogP contribution is 2.03. The molecule has 6 heteroatoms. The zero-order chi connectivity index (χ0) is 15.2. The predicted molar refractivity (Wildman–Crippen MR) is 79.6 cm³/mol. The number of aryl methyl sites for hydroxylation is 1. The third-order valence-corrected chi connectivity index (χ3v) is 3.95. The summed E-state index contributed by atoms with van der Waals surface area (Å²) in [6, 6.07) is 7.77. The Morgan fingerprint density at radius 2 is 1.95 bits per heavy atom. The number of nitrogens with one attached hydrogen (secondary N) is 1. The van der Waals surface area contributed by atoms with Crippen LogP contribution in [0.25, 0.3) is 0 Å². The van der Waals surface area contributed by atoms with Gasteiger partial charge in [-0.1, -0.05) is 35.9 Å². The molecule has 0 bridgehead atoms. The number of hydrogen-bond donors (Lipinski definition) is 1. The number of carbonyl (C=O) groups excluding carboxylic acids is 1. The summed E-state index contributed by atoms with van der Waals surface area (Å²) in [4.78, 5) is 11.8. The van der Waals surface area contributed by atoms with Crippen LogP contribution in [0.15, 0.2) is 36.9 Å². The molecule has 0 aliphatic carbocycles. The third-order valence-electron chi connectivity index (χ3n) is 2.73. The highest BCUT2D eigenvalue weighted by Gasteiger charge is 2.18. The van der Waals surface area contributed by atoms with Crippen molar-refractivity contribution in [1.82, 2.24) is 9.62 Å². The SMILES string of the molecule is C=CCN(CC(=O)NCc1ccc(C)cc1)S(C)(=O)=O. The average Bonchev–Trinajstić information content (AvgIpc) is 2.36. The molecule has 0 aliphatic heterocycles. The van der Waals surface area contributed by atoms with E-state index in [1.165, 1.54) is 6.08 Å². The van der Waals surface area contributed by atoms with Gasteiger partial charge in [-0.3, -0.25) is 4.79 Å². The van der Waals surface area contributed by atoms with Crippen molar-refractivity contribution in [3.63, 3.8) is 0 Å². The number of benzene rings is 1. The van der Waals surface area contributed by atoms with Crippen molar-refractivity contribution in [3.05, 3.63) is 48.0 Å². The smallest absolute Gasteiger partial charge is 0.235 e. The van der Waals surface area contributed by atoms with Crippen molar-refractivity contribution >= 4 is 15.9 Å². The molecule has 0 saturated heterocycles. The largest absolute Gasteiger partial charge is 0.351 e. The molecule has 0 spiro atoms. The monoisotopic (exact) mass is 296 g/mol. The van der Waals surface area contributed by atoms with E-state index >= 15 is 0 Å². The fraction of sp³-hybridized carbons (Fsp3) is 0.357. The molecule has 110 valence electrons. The van der Waals surface area contributed by atoms with E-state index in [4.69, 9.17) is 0 Å². The summed E-state index contributed by atoms with van der Waals surface area (Å²) in [5, 5.41) is 2.70. The van der Waals surface area contributed by atoms with Gasteiger partial charge in [0.05, 0.1) is 12.8 Å². The van der Waals surface area contributed by atoms with E-state index < -0.39 is 10.0 Å². The van der Waals surface area contributed by atoms with Crippen LogP contribution in [0, 0.1) is 6.92 Å². The quantitative estimate of drug-likeness (QED) is 0.765. The maximum absolute atomic E-state index is 11.8. The molecule has 0 saturated carbocycles. The summed E-state index contributed by atoms with van der Waals surface area (Å²) >= 11 is 0. The van der Waals surface area contributed by atoms with E-state index in [2.05, 4.69) is 11.9 Å². The molecule has 1 amide bonds. The number of amides is 1. The van der Waals surface area contributed by atoms with Gasteiger partial charge in [0, 0.05) is 13.1 Å². The molecule has 0 radical (unpaired) electrons. The maximum atomic E-state index is 11.8. The zero-order valence-electron chi connectivity index (χ0n) is 11.8. The van der Waals surface area contributed by atoms with E-state index in [0.29, 0.717) is 6.54 Å². The summed E-state index contributed by atoms with van der Waals surface area (Å²) in [7, 11) is -3.41. The van der Waals surface area contributed by atoms with Gasteiger partial charge in [0.1, 0.15) is 0 Å². The van der Waals surface area contributed by atoms with Crippen molar-refractivity contribution in [2.24, 2.45) is 0 Å². The van der Waals surface area contributed by atoms with Crippen LogP contribution in [0.4, 0.5) is 0 Å². The van der Waals surface area contributed by atoms with Gasteiger partial charge >= 0.3 is 0 Å². The fourth-order valence-corrected chi connectivity index (χ4v) is 2.31. The minimum absolute atomic E-state index is 0.122. The Kier molecular flexibility index (Phi) is 5.91. The molecular weight excluding hydrogens is 276 g/mol. The van der Waals surface area contributed by atoms with Crippen molar-refractivity contribution in [2.75, 3.05) is 19.3 Å². The van der Waals surface area contributed by atoms with Gasteiger partial charge in [-0.15, -0.1) is 6.58 Å². The van der Waals surface area contributed by atoms with Crippen LogP contribution in [0.1, 0.15) is 11.1 Å². The first-order valence-corrected chi connectivity index (χ1v) is 8.06. The summed E-state index contributed by atoms with van der Waals surface area (Å²) in [6.45, 7) is 5.78. The Hall–Kier alpha value is -1.66. The molecule has 1 aromatic carbocycles. The van der Waals surface area contributed by atoms with Gasteiger partial charge in [0.15, 0.2) is 0 Å². The highest BCUT2D eigenvalue weighted by molar-refractivity contribution is 7.88. The molecule has 5 nitrogen and oxygen atoms in total. The van der Waals surface area contributed by atoms with Crippen LogP contribution in [0.5, 0.6) is 0 Å². The molecule has 0 aromatic heterocycles. The molecule has 0 fully saturated rings. The number of hydrogen-bond acceptors (Lipinski definition) is 3. The second-order valence-corrected chi connectivity index (χ2v) is 6.59. The lowest BCUT2D eigenvalue weighted by Crippen LogP contribution is -2.40. The van der Waals surface area contributed by atoms with E-state index in [1.807, 2.05) is 31.2 Å². The molecule has 0 atom stereocenters. The molecule has 0 heterocycles. The zero-order valence-corrected chi connectivity index (χ0v) is 12.6. The average molecular weight is 296 g/mol. The number of sulfonamides is 1. The van der Waals surface area contributed by atoms with Gasteiger partial charge in [-0.05, 0) is 12.5 Å². The van der Waals surface area contributed by atoms with E-state index in [0.717, 1.165) is 21.7 Å². The van der Waals surface area contributed by atoms with Crippen LogP contribution in [-0.2, 0) is 21.4 Å². The Balaban J connectivity index is 2.54. The Morgan fingerprint density at radius 1 is 1.35 bits per heavy atom. The van der Waals surface area contributed by atoms with Crippen LogP contribution in [0.2, 0.25) is 0 Å². The summed E-state index contributed by atoms with van der Waals surface area (Å²) in [5.74, 6) is -0.335. The number of rotatable bonds is 7. The number of carbonyl (C=O) groups is 1. The van der Waals surface area contributed by atoms with Gasteiger partial charge in [0.2, 0.25) is 15.9 Å². The first-order chi connectivity index (χ1) is 9.32. The summed E-state index contributed by atoms with van der Waals surface area (Å²) in [6.07, 6.45) is 2.53. The van der Waals surface area contributed by atoms with Crippen LogP contribution in [-0.4, -0.2) is 38.0 Å². The van der Waals surface area contributed by atoms with E-state index in [1.54, 1.807) is 0 Å². The van der Waals surface area contributed by atoms with Crippen LogP contribution < -0.4 is 5.32 Å². The van der Waals surface area contributed by atoms with Crippen molar-refractivity contribution < 1.29 is 13.2 Å². The lowest BCUT2D eigenvalue weighted by molar-refractivity contribution is -0.121. The van der Waals surface area contributed by atoms with Gasteiger partial charge < -0.3 is 5.32 Å². The van der Waals surface area contributed by atoms with Gasteiger partial charge in [0.25, 0.3) is 0 Å². The molecule has 20 heavy (non-hydrogen) atoms. The first kappa shape index (κ1) is 16.4. The summed E-state index contributed by atoms with van der Waals surface area (Å²) < 4.78 is 24.0. The van der Waals surface area contributed by atoms with E-state index in [-0.39, 0.29) is 19.0 Å². The second-order valence-electron chi connectivity index (χ2n) is 4.61. The molecule has 0 aliphatic rings. The number of nitrogens with zero attached hydrogens (tertiary/aromatic N) is 1. The predicted octanol–water partition coefficient (Wildman–Crippen LogP) is 1.06. The third kappa shape index (κ3) is 5.54. The maximum Gasteiger partial charge on any atom is 0.235 e. The van der Waals surface area contributed by atoms with Crippen LogP contribution in [0.3, 0.4) is 0 Å². The van der Waals surface area contributed by atoms with Gasteiger partial charge in [-0.25, -0.2) is 8.42 Å². The Labute approximate surface area is 120 Å². The fourth-order valence-electron chi connectivity index (χ4n) is 1.58. The molecular formula is C14H20N2O3S. The van der Waals surface area contributed by atoms with Crippen molar-refractivity contribution in [1.29, 1.82) is 0 Å². The minimum atomic E-state index is -3.41. The highest BCUT2D eigenvalue weighted by atomic mass is 32.2. The summed E-state index contributed by atoms with van der Waals surface area (Å²) in [5.41, 5.74) is 2.12. The van der Waals surface area contributed by atoms with Crippen molar-refractivity contribution in [2.45, 2.75) is 13.5 Å². The first-order valence-electron chi connectivity index (χ1n) is 6.21. The lowest BCUT2D eigenvalue weighted by Gasteiger charge is -2.17. The standard InChI is InChI=1S/C14H20N2O3S/c1-4-9-16(20(3,18)19)11-14(17)15-10-13-7-5-12(2)6-8-13/h4-8H,1,9-11H2,2-3H3,(H,15,17). The molecule has 1 rings (SSSR count). The molecule has 0 unspecified atom stereocenters. The van der Waals surface area contributed by atoms with Crippen molar-refractivity contribution in [3.8, 4) is 0 Å².